The molecule has 0 radical (unpaired) electrons. The van der Waals surface area contributed by atoms with E-state index in [1.807, 2.05) is 66.7 Å². The highest BCUT2D eigenvalue weighted by molar-refractivity contribution is 7.97. The van der Waals surface area contributed by atoms with Gasteiger partial charge in [-0.05, 0) is 28.3 Å². The summed E-state index contributed by atoms with van der Waals surface area (Å²) in [6.07, 6.45) is -0.213. The number of nitrogens with two attached hydrogens (primary N) is 1. The predicted molar refractivity (Wildman–Crippen MR) is 148 cm³/mol. The Bertz CT molecular complexity index is 1320. The number of piperazine rings is 1. The minimum atomic E-state index is -0.689. The molecule has 2 aliphatic rings. The molecular formula is C28H32N6O3S. The second-order valence-electron chi connectivity index (χ2n) is 9.62. The van der Waals surface area contributed by atoms with Crippen LogP contribution in [-0.2, 0) is 22.7 Å². The molecule has 198 valence electrons. The molecule has 0 aliphatic carbocycles. The van der Waals surface area contributed by atoms with Crippen LogP contribution in [0.4, 0.5) is 4.79 Å². The van der Waals surface area contributed by atoms with E-state index in [-0.39, 0.29) is 30.9 Å². The minimum Gasteiger partial charge on any atom is -0.333 e. The molecule has 9 nitrogen and oxygen atoms in total. The first-order valence-corrected chi connectivity index (χ1v) is 13.7. The molecule has 10 heteroatoms. The molecule has 2 heterocycles. The van der Waals surface area contributed by atoms with E-state index in [1.54, 1.807) is 26.9 Å². The van der Waals surface area contributed by atoms with Crippen molar-refractivity contribution in [1.29, 1.82) is 0 Å². The van der Waals surface area contributed by atoms with Gasteiger partial charge in [-0.25, -0.2) is 14.8 Å². The van der Waals surface area contributed by atoms with Gasteiger partial charge in [0.15, 0.2) is 0 Å². The Hall–Kier alpha value is -3.60. The number of hydrogen-bond donors (Lipinski definition) is 2. The number of amides is 4. The third kappa shape index (κ3) is 5.20. The molecule has 2 aliphatic heterocycles. The number of carbonyl (C=O) groups is 3. The van der Waals surface area contributed by atoms with Crippen molar-refractivity contribution in [2.75, 3.05) is 25.9 Å². The van der Waals surface area contributed by atoms with Crippen LogP contribution in [0.3, 0.4) is 0 Å². The Kier molecular flexibility index (Phi) is 7.82. The molecule has 0 aromatic heterocycles. The van der Waals surface area contributed by atoms with Crippen LogP contribution in [0.1, 0.15) is 17.5 Å². The fraction of sp³-hybridized carbons (Fsp3) is 0.321. The second kappa shape index (κ2) is 11.4. The maximum absolute atomic E-state index is 13.8. The maximum Gasteiger partial charge on any atom is 0.334 e. The number of fused-ring (bicyclic) bond motifs is 2. The van der Waals surface area contributed by atoms with Crippen LogP contribution in [0.15, 0.2) is 72.8 Å². The summed E-state index contributed by atoms with van der Waals surface area (Å²) in [5.74, 6) is 0.228. The van der Waals surface area contributed by atoms with Crippen LogP contribution in [0.5, 0.6) is 0 Å². The Balaban J connectivity index is 1.44. The van der Waals surface area contributed by atoms with Gasteiger partial charge in [0.1, 0.15) is 12.2 Å². The molecular weight excluding hydrogens is 500 g/mol. The highest BCUT2D eigenvalue weighted by Crippen LogP contribution is 2.30. The summed E-state index contributed by atoms with van der Waals surface area (Å²) >= 11 is 1.15. The van der Waals surface area contributed by atoms with E-state index in [0.29, 0.717) is 25.3 Å². The first-order valence-electron chi connectivity index (χ1n) is 12.7. The summed E-state index contributed by atoms with van der Waals surface area (Å²) in [6, 6.07) is 22.8. The van der Waals surface area contributed by atoms with E-state index in [2.05, 4.69) is 11.4 Å². The number of likely N-dealkylation sites (N-methyl/N-ethyl adjacent to an activating group) is 1. The van der Waals surface area contributed by atoms with E-state index in [1.165, 1.54) is 0 Å². The van der Waals surface area contributed by atoms with Gasteiger partial charge < -0.3 is 15.1 Å². The Labute approximate surface area is 226 Å². The molecule has 2 saturated heterocycles. The van der Waals surface area contributed by atoms with Gasteiger partial charge in [-0.15, -0.1) is 0 Å². The van der Waals surface area contributed by atoms with E-state index in [4.69, 9.17) is 5.14 Å². The smallest absolute Gasteiger partial charge is 0.333 e. The lowest BCUT2D eigenvalue weighted by atomic mass is 10.0. The van der Waals surface area contributed by atoms with Gasteiger partial charge >= 0.3 is 6.03 Å². The number of benzene rings is 3. The molecule has 0 spiro atoms. The van der Waals surface area contributed by atoms with E-state index in [0.717, 1.165) is 33.8 Å². The average Bonchev–Trinajstić information content (AvgIpc) is 2.93. The average molecular weight is 533 g/mol. The van der Waals surface area contributed by atoms with Gasteiger partial charge in [0.2, 0.25) is 11.8 Å². The summed E-state index contributed by atoms with van der Waals surface area (Å²) in [5.41, 5.74) is 2.00. The van der Waals surface area contributed by atoms with Gasteiger partial charge in [-0.3, -0.25) is 14.7 Å². The van der Waals surface area contributed by atoms with Crippen LogP contribution in [-0.4, -0.2) is 75.8 Å². The highest BCUT2D eigenvalue weighted by Gasteiger charge is 2.50. The molecule has 3 aromatic rings. The van der Waals surface area contributed by atoms with Crippen LogP contribution in [0, 0.1) is 0 Å². The summed E-state index contributed by atoms with van der Waals surface area (Å²) in [4.78, 5) is 43.9. The number of rotatable bonds is 7. The van der Waals surface area contributed by atoms with Crippen molar-refractivity contribution in [3.63, 3.8) is 0 Å². The molecule has 2 atom stereocenters. The third-order valence-corrected chi connectivity index (χ3v) is 7.66. The topological polar surface area (TPSA) is 102 Å². The van der Waals surface area contributed by atoms with Crippen molar-refractivity contribution >= 4 is 40.6 Å². The lowest BCUT2D eigenvalue weighted by molar-refractivity contribution is -0.187. The largest absolute Gasteiger partial charge is 0.334 e. The first-order chi connectivity index (χ1) is 18.5. The minimum absolute atomic E-state index is 0.0120. The molecule has 3 N–H and O–H groups in total. The Morgan fingerprint density at radius 1 is 1.03 bits per heavy atom. The van der Waals surface area contributed by atoms with Crippen LogP contribution < -0.4 is 10.5 Å². The van der Waals surface area contributed by atoms with E-state index >= 15 is 0 Å². The maximum atomic E-state index is 13.8. The van der Waals surface area contributed by atoms with Gasteiger partial charge in [-0.1, -0.05) is 84.7 Å². The number of nitrogens with one attached hydrogen (secondary N) is 1. The fourth-order valence-corrected chi connectivity index (χ4v) is 5.75. The van der Waals surface area contributed by atoms with E-state index < -0.39 is 12.2 Å². The lowest BCUT2D eigenvalue weighted by Crippen LogP contribution is -2.75. The monoisotopic (exact) mass is 532 g/mol. The molecule has 3 aromatic carbocycles. The molecule has 2 fully saturated rings. The van der Waals surface area contributed by atoms with Gasteiger partial charge in [0, 0.05) is 25.9 Å². The van der Waals surface area contributed by atoms with Crippen molar-refractivity contribution in [2.45, 2.75) is 31.7 Å². The number of carbonyl (C=O) groups excluding carboxylic acids is 3. The normalized spacial score (nSPS) is 20.1. The zero-order chi connectivity index (χ0) is 26.6. The lowest BCUT2D eigenvalue weighted by Gasteiger charge is -2.54. The SMILES string of the molecule is CN1CC(=O)N2[C@@H](CCSN)C(=O)N(Cc3cccc4ccccc34)C[C@@H]2N1C(=O)NCc1ccccc1. The molecule has 0 saturated carbocycles. The fourth-order valence-electron chi connectivity index (χ4n) is 5.39. The zero-order valence-electron chi connectivity index (χ0n) is 21.3. The van der Waals surface area contributed by atoms with Crippen molar-refractivity contribution in [2.24, 2.45) is 5.14 Å². The van der Waals surface area contributed by atoms with Crippen molar-refractivity contribution in [3.8, 4) is 0 Å². The summed E-state index contributed by atoms with van der Waals surface area (Å²) in [5, 5.41) is 14.1. The number of hydrogen-bond acceptors (Lipinski definition) is 6. The van der Waals surface area contributed by atoms with Crippen LogP contribution >= 0.6 is 11.9 Å². The Morgan fingerprint density at radius 3 is 2.55 bits per heavy atom. The Morgan fingerprint density at radius 2 is 1.76 bits per heavy atom. The quantitative estimate of drug-likeness (QED) is 0.454. The summed E-state index contributed by atoms with van der Waals surface area (Å²) in [6.45, 7) is 0.964. The number of nitrogens with zero attached hydrogens (tertiary/aromatic N) is 4. The second-order valence-corrected chi connectivity index (χ2v) is 10.4. The van der Waals surface area contributed by atoms with Gasteiger partial charge in [0.25, 0.3) is 0 Å². The molecule has 4 amide bonds. The first kappa shape index (κ1) is 26.0. The van der Waals surface area contributed by atoms with E-state index in [9.17, 15) is 14.4 Å². The van der Waals surface area contributed by atoms with Crippen molar-refractivity contribution in [1.82, 2.24) is 25.1 Å². The molecule has 0 bridgehead atoms. The molecule has 0 unspecified atom stereocenters. The summed E-state index contributed by atoms with van der Waals surface area (Å²) in [7, 11) is 1.73. The predicted octanol–water partition coefficient (Wildman–Crippen LogP) is 2.77. The standard InChI is InChI=1S/C28H32N6O3S/c1-31-19-26(35)33-24(14-15-38-29)27(36)32(17-22-12-7-11-21-10-5-6-13-23(21)22)18-25(33)34(31)28(37)30-16-20-8-3-2-4-9-20/h2-13,24-25H,14-19,29H2,1H3,(H,30,37)/t24-,25-/m0/s1. The van der Waals surface area contributed by atoms with Crippen LogP contribution in [0.2, 0.25) is 0 Å². The number of urea groups is 1. The third-order valence-electron chi connectivity index (χ3n) is 7.18. The zero-order valence-corrected chi connectivity index (χ0v) is 22.1. The number of hydrazine groups is 1. The summed E-state index contributed by atoms with van der Waals surface area (Å²) < 4.78 is 0. The van der Waals surface area contributed by atoms with Gasteiger partial charge in [0.05, 0.1) is 13.1 Å². The molecule has 5 rings (SSSR count). The van der Waals surface area contributed by atoms with Crippen LogP contribution in [0.25, 0.3) is 10.8 Å². The highest BCUT2D eigenvalue weighted by atomic mass is 32.2. The van der Waals surface area contributed by atoms with Gasteiger partial charge in [-0.2, -0.15) is 0 Å². The molecule has 38 heavy (non-hydrogen) atoms. The van der Waals surface area contributed by atoms with Crippen molar-refractivity contribution < 1.29 is 14.4 Å². The van der Waals surface area contributed by atoms with Crippen molar-refractivity contribution in [3.05, 3.63) is 83.9 Å².